The van der Waals surface area contributed by atoms with E-state index < -0.39 is 0 Å². The van der Waals surface area contributed by atoms with Crippen molar-refractivity contribution in [3.05, 3.63) is 34.9 Å². The normalized spacial score (nSPS) is 12.1. The average molecular weight is 261 g/mol. The number of rotatable bonds is 4. The molecule has 0 aliphatic rings. The van der Waals surface area contributed by atoms with Gasteiger partial charge in [0, 0.05) is 48.6 Å². The van der Waals surface area contributed by atoms with Crippen LogP contribution in [-0.2, 0) is 25.6 Å². The summed E-state index contributed by atoms with van der Waals surface area (Å²) in [5.41, 5.74) is 4.82. The standard InChI is InChI=1S/C14H23N5/c1-10-11(8-16-17-10)6-15-7-12-9-19(5)18-13(12)14(2,3)4/h8-9,15H,6-7H2,1-5H3,(H,16,17). The molecule has 19 heavy (non-hydrogen) atoms. The smallest absolute Gasteiger partial charge is 0.0722 e. The first-order valence-corrected chi connectivity index (χ1v) is 6.60. The van der Waals surface area contributed by atoms with Gasteiger partial charge in [-0.25, -0.2) is 0 Å². The van der Waals surface area contributed by atoms with E-state index in [2.05, 4.69) is 47.6 Å². The highest BCUT2D eigenvalue weighted by Crippen LogP contribution is 2.24. The van der Waals surface area contributed by atoms with Crippen LogP contribution >= 0.6 is 0 Å². The highest BCUT2D eigenvalue weighted by Gasteiger charge is 2.21. The first-order chi connectivity index (χ1) is 8.88. The van der Waals surface area contributed by atoms with Gasteiger partial charge in [-0.2, -0.15) is 10.2 Å². The highest BCUT2D eigenvalue weighted by atomic mass is 15.3. The summed E-state index contributed by atoms with van der Waals surface area (Å²) in [7, 11) is 1.97. The number of hydrogen-bond donors (Lipinski definition) is 2. The van der Waals surface area contributed by atoms with Crippen molar-refractivity contribution >= 4 is 0 Å². The second kappa shape index (κ2) is 5.17. The van der Waals surface area contributed by atoms with Crippen molar-refractivity contribution in [3.8, 4) is 0 Å². The summed E-state index contributed by atoms with van der Waals surface area (Å²) in [6.07, 6.45) is 3.96. The molecule has 0 saturated heterocycles. The Labute approximate surface area is 114 Å². The minimum atomic E-state index is 0.0732. The minimum absolute atomic E-state index is 0.0732. The molecule has 0 bridgehead atoms. The molecule has 0 spiro atoms. The van der Waals surface area contributed by atoms with Crippen LogP contribution in [-0.4, -0.2) is 20.0 Å². The predicted octanol–water partition coefficient (Wildman–Crippen LogP) is 2.04. The zero-order valence-electron chi connectivity index (χ0n) is 12.4. The van der Waals surface area contributed by atoms with Gasteiger partial charge in [-0.3, -0.25) is 9.78 Å². The quantitative estimate of drug-likeness (QED) is 0.885. The van der Waals surface area contributed by atoms with Crippen LogP contribution in [0, 0.1) is 6.92 Å². The van der Waals surface area contributed by atoms with E-state index in [1.807, 2.05) is 24.9 Å². The lowest BCUT2D eigenvalue weighted by molar-refractivity contribution is 0.543. The van der Waals surface area contributed by atoms with E-state index in [4.69, 9.17) is 0 Å². The number of nitrogens with zero attached hydrogens (tertiary/aromatic N) is 3. The molecule has 0 saturated carbocycles. The number of aryl methyl sites for hydroxylation is 2. The molecule has 5 nitrogen and oxygen atoms in total. The number of H-pyrrole nitrogens is 1. The summed E-state index contributed by atoms with van der Waals surface area (Å²) in [5, 5.41) is 15.0. The number of aromatic nitrogens is 4. The molecule has 2 N–H and O–H groups in total. The van der Waals surface area contributed by atoms with Crippen molar-refractivity contribution in [2.45, 2.75) is 46.2 Å². The maximum absolute atomic E-state index is 4.57. The monoisotopic (exact) mass is 261 g/mol. The molecule has 0 unspecified atom stereocenters. The van der Waals surface area contributed by atoms with E-state index in [0.717, 1.165) is 24.5 Å². The molecule has 0 aromatic carbocycles. The summed E-state index contributed by atoms with van der Waals surface area (Å²) < 4.78 is 1.89. The zero-order chi connectivity index (χ0) is 14.0. The summed E-state index contributed by atoms with van der Waals surface area (Å²) in [6, 6.07) is 0. The molecule has 0 amide bonds. The molecular formula is C14H23N5. The van der Waals surface area contributed by atoms with Gasteiger partial charge in [0.05, 0.1) is 11.9 Å². The van der Waals surface area contributed by atoms with Gasteiger partial charge >= 0.3 is 0 Å². The van der Waals surface area contributed by atoms with Gasteiger partial charge in [0.15, 0.2) is 0 Å². The molecule has 2 aromatic heterocycles. The Morgan fingerprint density at radius 3 is 2.53 bits per heavy atom. The van der Waals surface area contributed by atoms with Gasteiger partial charge in [0.2, 0.25) is 0 Å². The van der Waals surface area contributed by atoms with Crippen molar-refractivity contribution in [2.24, 2.45) is 7.05 Å². The lowest BCUT2D eigenvalue weighted by atomic mass is 9.89. The second-order valence-electron chi connectivity index (χ2n) is 6.05. The van der Waals surface area contributed by atoms with Gasteiger partial charge in [-0.15, -0.1) is 0 Å². The van der Waals surface area contributed by atoms with E-state index in [0.29, 0.717) is 0 Å². The van der Waals surface area contributed by atoms with Gasteiger partial charge in [-0.05, 0) is 6.92 Å². The maximum Gasteiger partial charge on any atom is 0.0722 e. The maximum atomic E-state index is 4.57. The molecule has 2 heterocycles. The van der Waals surface area contributed by atoms with Crippen LogP contribution in [0.5, 0.6) is 0 Å². The predicted molar refractivity (Wildman–Crippen MR) is 75.8 cm³/mol. The highest BCUT2D eigenvalue weighted by molar-refractivity contribution is 5.24. The molecule has 5 heteroatoms. The average Bonchev–Trinajstić information content (AvgIpc) is 2.85. The summed E-state index contributed by atoms with van der Waals surface area (Å²) in [4.78, 5) is 0. The summed E-state index contributed by atoms with van der Waals surface area (Å²) >= 11 is 0. The topological polar surface area (TPSA) is 58.5 Å². The van der Waals surface area contributed by atoms with E-state index in [9.17, 15) is 0 Å². The molecule has 0 atom stereocenters. The van der Waals surface area contributed by atoms with Crippen LogP contribution in [0.4, 0.5) is 0 Å². The summed E-state index contributed by atoms with van der Waals surface area (Å²) in [5.74, 6) is 0. The van der Waals surface area contributed by atoms with E-state index in [1.54, 1.807) is 0 Å². The van der Waals surface area contributed by atoms with Gasteiger partial charge in [-0.1, -0.05) is 20.8 Å². The summed E-state index contributed by atoms with van der Waals surface area (Å²) in [6.45, 7) is 10.3. The van der Waals surface area contributed by atoms with Gasteiger partial charge < -0.3 is 5.32 Å². The number of nitrogens with one attached hydrogen (secondary N) is 2. The van der Waals surface area contributed by atoms with E-state index >= 15 is 0 Å². The van der Waals surface area contributed by atoms with Gasteiger partial charge in [0.25, 0.3) is 0 Å². The van der Waals surface area contributed by atoms with Crippen molar-refractivity contribution in [3.63, 3.8) is 0 Å². The molecule has 2 aromatic rings. The SMILES string of the molecule is Cc1[nH]ncc1CNCc1cn(C)nc1C(C)(C)C. The third kappa shape index (κ3) is 3.23. The third-order valence-electron chi connectivity index (χ3n) is 3.18. The molecule has 0 fully saturated rings. The lowest BCUT2D eigenvalue weighted by Crippen LogP contribution is -2.19. The first-order valence-electron chi connectivity index (χ1n) is 6.60. The van der Waals surface area contributed by atoms with Crippen LogP contribution in [0.25, 0.3) is 0 Å². The Bertz CT molecular complexity index is 544. The first kappa shape index (κ1) is 13.8. The van der Waals surface area contributed by atoms with E-state index in [1.165, 1.54) is 11.1 Å². The zero-order valence-corrected chi connectivity index (χ0v) is 12.4. The van der Waals surface area contributed by atoms with E-state index in [-0.39, 0.29) is 5.41 Å². The van der Waals surface area contributed by atoms with Crippen molar-refractivity contribution < 1.29 is 0 Å². The Kier molecular flexibility index (Phi) is 3.75. The number of aromatic amines is 1. The fraction of sp³-hybridized carbons (Fsp3) is 0.571. The van der Waals surface area contributed by atoms with Crippen molar-refractivity contribution in [1.29, 1.82) is 0 Å². The largest absolute Gasteiger partial charge is 0.308 e. The Hall–Kier alpha value is -1.62. The lowest BCUT2D eigenvalue weighted by Gasteiger charge is -2.17. The van der Waals surface area contributed by atoms with Crippen LogP contribution in [0.3, 0.4) is 0 Å². The van der Waals surface area contributed by atoms with Crippen LogP contribution in [0.2, 0.25) is 0 Å². The van der Waals surface area contributed by atoms with Crippen molar-refractivity contribution in [2.75, 3.05) is 0 Å². The molecule has 104 valence electrons. The van der Waals surface area contributed by atoms with Crippen LogP contribution < -0.4 is 5.32 Å². The Morgan fingerprint density at radius 1 is 1.26 bits per heavy atom. The fourth-order valence-electron chi connectivity index (χ4n) is 2.18. The Morgan fingerprint density at radius 2 is 1.95 bits per heavy atom. The third-order valence-corrected chi connectivity index (χ3v) is 3.18. The van der Waals surface area contributed by atoms with Crippen molar-refractivity contribution in [1.82, 2.24) is 25.3 Å². The second-order valence-corrected chi connectivity index (χ2v) is 6.05. The number of hydrogen-bond acceptors (Lipinski definition) is 3. The molecule has 0 aliphatic heterocycles. The fourth-order valence-corrected chi connectivity index (χ4v) is 2.18. The van der Waals surface area contributed by atoms with Gasteiger partial charge in [0.1, 0.15) is 0 Å². The Balaban J connectivity index is 2.02. The van der Waals surface area contributed by atoms with Crippen LogP contribution in [0.15, 0.2) is 12.4 Å². The molecule has 0 aliphatic carbocycles. The van der Waals surface area contributed by atoms with Crippen LogP contribution in [0.1, 0.15) is 43.3 Å². The molecule has 0 radical (unpaired) electrons. The minimum Gasteiger partial charge on any atom is -0.308 e. The molecular weight excluding hydrogens is 238 g/mol. The molecule has 2 rings (SSSR count).